The maximum Gasteiger partial charge on any atom is 0.315 e. The second kappa shape index (κ2) is 7.84. The van der Waals surface area contributed by atoms with E-state index in [2.05, 4.69) is 43.2 Å². The number of hydrogen-bond donors (Lipinski definition) is 3. The van der Waals surface area contributed by atoms with Crippen LogP contribution in [0.15, 0.2) is 0 Å². The predicted molar refractivity (Wildman–Crippen MR) is 81.8 cm³/mol. The van der Waals surface area contributed by atoms with Gasteiger partial charge in [0.2, 0.25) is 0 Å². The maximum absolute atomic E-state index is 11.9. The Labute approximate surface area is 123 Å². The second-order valence-corrected chi connectivity index (χ2v) is 6.45. The minimum absolute atomic E-state index is 0.0323. The van der Waals surface area contributed by atoms with E-state index in [1.54, 1.807) is 0 Å². The molecule has 5 heteroatoms. The standard InChI is InChI=1S/C15H31N3O2/c1-12(2)18(13(3)4)10-9-16-14(20)17-15(11-19)7-5-6-8-15/h12-13,19H,5-11H2,1-4H3,(H2,16,17,20). The van der Waals surface area contributed by atoms with Crippen LogP contribution in [0.1, 0.15) is 53.4 Å². The predicted octanol–water partition coefficient (Wildman–Crippen LogP) is 1.71. The fraction of sp³-hybridized carbons (Fsp3) is 0.933. The summed E-state index contributed by atoms with van der Waals surface area (Å²) in [6, 6.07) is 0.783. The highest BCUT2D eigenvalue weighted by atomic mass is 16.3. The zero-order chi connectivity index (χ0) is 15.2. The van der Waals surface area contributed by atoms with Crippen LogP contribution in [0.2, 0.25) is 0 Å². The minimum Gasteiger partial charge on any atom is -0.394 e. The molecule has 0 aliphatic heterocycles. The molecule has 0 aromatic rings. The lowest BCUT2D eigenvalue weighted by atomic mass is 9.99. The summed E-state index contributed by atoms with van der Waals surface area (Å²) in [7, 11) is 0. The summed E-state index contributed by atoms with van der Waals surface area (Å²) in [5, 5.41) is 15.3. The lowest BCUT2D eigenvalue weighted by Gasteiger charge is -2.31. The van der Waals surface area contributed by atoms with E-state index in [1.165, 1.54) is 0 Å². The monoisotopic (exact) mass is 285 g/mol. The van der Waals surface area contributed by atoms with E-state index in [-0.39, 0.29) is 18.2 Å². The Balaban J connectivity index is 2.32. The molecule has 0 bridgehead atoms. The number of nitrogens with one attached hydrogen (secondary N) is 2. The average molecular weight is 285 g/mol. The van der Waals surface area contributed by atoms with Crippen LogP contribution in [0.5, 0.6) is 0 Å². The molecule has 0 radical (unpaired) electrons. The van der Waals surface area contributed by atoms with Crippen LogP contribution in [-0.2, 0) is 0 Å². The molecule has 0 heterocycles. The van der Waals surface area contributed by atoms with Crippen molar-refractivity contribution in [2.75, 3.05) is 19.7 Å². The van der Waals surface area contributed by atoms with Crippen LogP contribution in [-0.4, -0.2) is 53.4 Å². The lowest BCUT2D eigenvalue weighted by Crippen LogP contribution is -2.54. The summed E-state index contributed by atoms with van der Waals surface area (Å²) in [6.07, 6.45) is 3.91. The van der Waals surface area contributed by atoms with Crippen molar-refractivity contribution >= 4 is 6.03 Å². The topological polar surface area (TPSA) is 64.6 Å². The lowest BCUT2D eigenvalue weighted by molar-refractivity contribution is 0.158. The first-order valence-corrected chi connectivity index (χ1v) is 7.83. The Morgan fingerprint density at radius 2 is 1.75 bits per heavy atom. The summed E-state index contributed by atoms with van der Waals surface area (Å²) in [4.78, 5) is 14.3. The Hall–Kier alpha value is -0.810. The summed E-state index contributed by atoms with van der Waals surface area (Å²) in [6.45, 7) is 10.2. The highest BCUT2D eigenvalue weighted by Gasteiger charge is 2.34. The van der Waals surface area contributed by atoms with Crippen molar-refractivity contribution in [3.63, 3.8) is 0 Å². The van der Waals surface area contributed by atoms with Crippen LogP contribution < -0.4 is 10.6 Å². The van der Waals surface area contributed by atoms with Gasteiger partial charge in [0.05, 0.1) is 12.1 Å². The molecule has 1 fully saturated rings. The van der Waals surface area contributed by atoms with Gasteiger partial charge in [0.1, 0.15) is 0 Å². The number of urea groups is 1. The number of aliphatic hydroxyl groups is 1. The van der Waals surface area contributed by atoms with Crippen molar-refractivity contribution in [3.8, 4) is 0 Å². The van der Waals surface area contributed by atoms with E-state index in [9.17, 15) is 9.90 Å². The largest absolute Gasteiger partial charge is 0.394 e. The third kappa shape index (κ3) is 4.94. The molecule has 1 saturated carbocycles. The highest BCUT2D eigenvalue weighted by molar-refractivity contribution is 5.74. The Morgan fingerprint density at radius 1 is 1.20 bits per heavy atom. The third-order valence-electron chi connectivity index (χ3n) is 4.22. The van der Waals surface area contributed by atoms with Crippen LogP contribution in [0.3, 0.4) is 0 Å². The summed E-state index contributed by atoms with van der Waals surface area (Å²) in [5.74, 6) is 0. The maximum atomic E-state index is 11.9. The zero-order valence-corrected chi connectivity index (χ0v) is 13.4. The van der Waals surface area contributed by atoms with Gasteiger partial charge in [0, 0.05) is 25.2 Å². The number of hydrogen-bond acceptors (Lipinski definition) is 3. The first kappa shape index (κ1) is 17.2. The van der Waals surface area contributed by atoms with E-state index in [0.717, 1.165) is 32.2 Å². The molecule has 1 rings (SSSR count). The number of carbonyl (C=O) groups excluding carboxylic acids is 1. The molecule has 0 aromatic heterocycles. The van der Waals surface area contributed by atoms with Crippen molar-refractivity contribution < 1.29 is 9.90 Å². The summed E-state index contributed by atoms with van der Waals surface area (Å²) in [5.41, 5.74) is -0.389. The van der Waals surface area contributed by atoms with Crippen molar-refractivity contribution in [2.45, 2.75) is 71.0 Å². The van der Waals surface area contributed by atoms with Crippen molar-refractivity contribution in [3.05, 3.63) is 0 Å². The molecule has 0 saturated heterocycles. The van der Waals surface area contributed by atoms with E-state index in [4.69, 9.17) is 0 Å². The highest BCUT2D eigenvalue weighted by Crippen LogP contribution is 2.28. The molecular weight excluding hydrogens is 254 g/mol. The molecule has 0 unspecified atom stereocenters. The minimum atomic E-state index is -0.389. The Bertz CT molecular complexity index is 291. The van der Waals surface area contributed by atoms with E-state index >= 15 is 0 Å². The van der Waals surface area contributed by atoms with Gasteiger partial charge in [-0.1, -0.05) is 12.8 Å². The molecule has 1 aliphatic carbocycles. The quantitative estimate of drug-likeness (QED) is 0.667. The molecule has 0 aromatic carbocycles. The first-order valence-electron chi connectivity index (χ1n) is 7.83. The van der Waals surface area contributed by atoms with Gasteiger partial charge < -0.3 is 15.7 Å². The molecule has 0 atom stereocenters. The molecule has 1 aliphatic rings. The van der Waals surface area contributed by atoms with E-state index in [1.807, 2.05) is 0 Å². The fourth-order valence-corrected chi connectivity index (χ4v) is 3.07. The number of amides is 2. The van der Waals surface area contributed by atoms with Crippen molar-refractivity contribution in [1.82, 2.24) is 15.5 Å². The van der Waals surface area contributed by atoms with Gasteiger partial charge >= 0.3 is 6.03 Å². The van der Waals surface area contributed by atoms with Gasteiger partial charge in [0.15, 0.2) is 0 Å². The molecule has 20 heavy (non-hydrogen) atoms. The number of aliphatic hydroxyl groups excluding tert-OH is 1. The van der Waals surface area contributed by atoms with Gasteiger partial charge in [-0.3, -0.25) is 4.90 Å². The third-order valence-corrected chi connectivity index (χ3v) is 4.22. The van der Waals surface area contributed by atoms with Gasteiger partial charge in [-0.05, 0) is 40.5 Å². The SMILES string of the molecule is CC(C)N(CCNC(=O)NC1(CO)CCCC1)C(C)C. The molecule has 0 spiro atoms. The molecule has 5 nitrogen and oxygen atoms in total. The van der Waals surface area contributed by atoms with Crippen molar-refractivity contribution in [2.24, 2.45) is 0 Å². The first-order chi connectivity index (χ1) is 9.40. The second-order valence-electron chi connectivity index (χ2n) is 6.45. The summed E-state index contributed by atoms with van der Waals surface area (Å²) < 4.78 is 0. The average Bonchev–Trinajstić information content (AvgIpc) is 2.82. The number of nitrogens with zero attached hydrogens (tertiary/aromatic N) is 1. The van der Waals surface area contributed by atoms with E-state index in [0.29, 0.717) is 18.6 Å². The molecule has 2 amide bonds. The van der Waals surface area contributed by atoms with Crippen molar-refractivity contribution in [1.29, 1.82) is 0 Å². The van der Waals surface area contributed by atoms with Gasteiger partial charge in [-0.2, -0.15) is 0 Å². The molecular formula is C15H31N3O2. The number of rotatable bonds is 7. The Morgan fingerprint density at radius 3 is 2.20 bits per heavy atom. The van der Waals surface area contributed by atoms with Crippen LogP contribution in [0, 0.1) is 0 Å². The fourth-order valence-electron chi connectivity index (χ4n) is 3.07. The Kier molecular flexibility index (Phi) is 6.76. The normalized spacial score (nSPS) is 18.0. The number of carbonyl (C=O) groups is 1. The zero-order valence-electron chi connectivity index (χ0n) is 13.4. The van der Waals surface area contributed by atoms with E-state index < -0.39 is 0 Å². The smallest absolute Gasteiger partial charge is 0.315 e. The summed E-state index contributed by atoms with van der Waals surface area (Å²) >= 11 is 0. The van der Waals surface area contributed by atoms with Gasteiger partial charge in [0.25, 0.3) is 0 Å². The molecule has 3 N–H and O–H groups in total. The van der Waals surface area contributed by atoms with Gasteiger partial charge in [-0.25, -0.2) is 4.79 Å². The van der Waals surface area contributed by atoms with Gasteiger partial charge in [-0.15, -0.1) is 0 Å². The van der Waals surface area contributed by atoms with Crippen LogP contribution in [0.4, 0.5) is 4.79 Å². The van der Waals surface area contributed by atoms with Crippen LogP contribution in [0.25, 0.3) is 0 Å². The van der Waals surface area contributed by atoms with Crippen LogP contribution >= 0.6 is 0 Å². The molecule has 118 valence electrons.